The number of thiophene rings is 1. The van der Waals surface area contributed by atoms with E-state index in [9.17, 15) is 4.79 Å². The van der Waals surface area contributed by atoms with Crippen molar-refractivity contribution in [2.45, 2.75) is 39.8 Å². The second kappa shape index (κ2) is 4.97. The zero-order valence-corrected chi connectivity index (χ0v) is 11.1. The van der Waals surface area contributed by atoms with E-state index in [2.05, 4.69) is 5.32 Å². The molecule has 0 saturated carbocycles. The lowest BCUT2D eigenvalue weighted by molar-refractivity contribution is -0.125. The fourth-order valence-corrected chi connectivity index (χ4v) is 2.04. The zero-order valence-electron chi connectivity index (χ0n) is 10.3. The number of carbonyl (C=O) groups excluding carboxylic acids is 1. The number of hydrogen-bond acceptors (Lipinski definition) is 3. The summed E-state index contributed by atoms with van der Waals surface area (Å²) >= 11 is 1.64. The second-order valence-electron chi connectivity index (χ2n) is 5.09. The van der Waals surface area contributed by atoms with Crippen molar-refractivity contribution in [2.75, 3.05) is 0 Å². The molecule has 0 radical (unpaired) electrons. The van der Waals surface area contributed by atoms with Gasteiger partial charge in [0.2, 0.25) is 5.91 Å². The van der Waals surface area contributed by atoms with E-state index in [1.807, 2.05) is 45.2 Å². The molecule has 1 rings (SSSR count). The summed E-state index contributed by atoms with van der Waals surface area (Å²) in [4.78, 5) is 13.0. The molecule has 0 bridgehead atoms. The number of amides is 1. The summed E-state index contributed by atoms with van der Waals surface area (Å²) in [7, 11) is 0. The first-order chi connectivity index (χ1) is 7.32. The highest BCUT2D eigenvalue weighted by atomic mass is 32.1. The molecule has 0 aliphatic carbocycles. The smallest absolute Gasteiger partial charge is 0.237 e. The predicted molar refractivity (Wildman–Crippen MR) is 68.3 cm³/mol. The Balaban J connectivity index is 2.59. The summed E-state index contributed by atoms with van der Waals surface area (Å²) in [5.74, 6) is -0.0894. The summed E-state index contributed by atoms with van der Waals surface area (Å²) in [6.45, 7) is 7.87. The van der Waals surface area contributed by atoms with Crippen molar-refractivity contribution in [1.29, 1.82) is 0 Å². The first-order valence-corrected chi connectivity index (χ1v) is 6.29. The van der Waals surface area contributed by atoms with Crippen molar-refractivity contribution in [3.63, 3.8) is 0 Å². The summed E-state index contributed by atoms with van der Waals surface area (Å²) < 4.78 is 0. The van der Waals surface area contributed by atoms with Crippen molar-refractivity contribution in [1.82, 2.24) is 5.32 Å². The molecule has 90 valence electrons. The van der Waals surface area contributed by atoms with E-state index < -0.39 is 6.04 Å². The molecular weight excluding hydrogens is 220 g/mol. The highest BCUT2D eigenvalue weighted by Crippen LogP contribution is 2.21. The monoisotopic (exact) mass is 240 g/mol. The van der Waals surface area contributed by atoms with E-state index >= 15 is 0 Å². The third-order valence-electron chi connectivity index (χ3n) is 2.54. The average molecular weight is 240 g/mol. The Morgan fingerprint density at radius 1 is 1.50 bits per heavy atom. The second-order valence-corrected chi connectivity index (χ2v) is 6.07. The van der Waals surface area contributed by atoms with Crippen LogP contribution in [0.2, 0.25) is 0 Å². The molecule has 1 aromatic heterocycles. The SMILES string of the molecule is C[C@@H](NC(=O)C(N)C(C)(C)C)c1cccs1. The van der Waals surface area contributed by atoms with E-state index in [1.165, 1.54) is 0 Å². The van der Waals surface area contributed by atoms with Crippen LogP contribution in [0.5, 0.6) is 0 Å². The van der Waals surface area contributed by atoms with Crippen LogP contribution in [-0.2, 0) is 4.79 Å². The van der Waals surface area contributed by atoms with Gasteiger partial charge in [0.05, 0.1) is 12.1 Å². The van der Waals surface area contributed by atoms with Gasteiger partial charge in [0, 0.05) is 4.88 Å². The molecule has 0 fully saturated rings. The van der Waals surface area contributed by atoms with Crippen LogP contribution in [0.25, 0.3) is 0 Å². The van der Waals surface area contributed by atoms with E-state index in [0.29, 0.717) is 0 Å². The number of nitrogens with one attached hydrogen (secondary N) is 1. The lowest BCUT2D eigenvalue weighted by Crippen LogP contribution is -2.49. The minimum absolute atomic E-state index is 0.0286. The molecule has 2 atom stereocenters. The maximum Gasteiger partial charge on any atom is 0.237 e. The van der Waals surface area contributed by atoms with Gasteiger partial charge in [0.1, 0.15) is 0 Å². The quantitative estimate of drug-likeness (QED) is 0.851. The molecule has 1 amide bonds. The predicted octanol–water partition coefficient (Wildman–Crippen LogP) is 2.30. The van der Waals surface area contributed by atoms with Crippen LogP contribution < -0.4 is 11.1 Å². The molecule has 0 spiro atoms. The Morgan fingerprint density at radius 3 is 2.56 bits per heavy atom. The van der Waals surface area contributed by atoms with Crippen molar-refractivity contribution in [3.05, 3.63) is 22.4 Å². The van der Waals surface area contributed by atoms with Gasteiger partial charge in [-0.2, -0.15) is 0 Å². The van der Waals surface area contributed by atoms with Gasteiger partial charge in [-0.1, -0.05) is 26.8 Å². The topological polar surface area (TPSA) is 55.1 Å². The third-order valence-corrected chi connectivity index (χ3v) is 3.60. The molecule has 1 heterocycles. The van der Waals surface area contributed by atoms with Crippen molar-refractivity contribution >= 4 is 17.2 Å². The fraction of sp³-hybridized carbons (Fsp3) is 0.583. The minimum Gasteiger partial charge on any atom is -0.347 e. The summed E-state index contributed by atoms with van der Waals surface area (Å²) in [6.07, 6.45) is 0. The van der Waals surface area contributed by atoms with Gasteiger partial charge in [-0.15, -0.1) is 11.3 Å². The summed E-state index contributed by atoms with van der Waals surface area (Å²) in [6, 6.07) is 3.54. The van der Waals surface area contributed by atoms with Crippen molar-refractivity contribution < 1.29 is 4.79 Å². The van der Waals surface area contributed by atoms with Gasteiger partial charge in [0.25, 0.3) is 0 Å². The molecule has 3 N–H and O–H groups in total. The molecule has 0 aromatic carbocycles. The fourth-order valence-electron chi connectivity index (χ4n) is 1.31. The maximum absolute atomic E-state index is 11.9. The molecule has 1 unspecified atom stereocenters. The van der Waals surface area contributed by atoms with Gasteiger partial charge in [-0.05, 0) is 23.8 Å². The van der Waals surface area contributed by atoms with Crippen LogP contribution in [0, 0.1) is 5.41 Å². The summed E-state index contributed by atoms with van der Waals surface area (Å²) in [5, 5.41) is 4.94. The van der Waals surface area contributed by atoms with Gasteiger partial charge in [0.15, 0.2) is 0 Å². The Bertz CT molecular complexity index is 340. The van der Waals surface area contributed by atoms with E-state index in [4.69, 9.17) is 5.73 Å². The molecule has 1 aromatic rings. The van der Waals surface area contributed by atoms with Crippen molar-refractivity contribution in [2.24, 2.45) is 11.1 Å². The lowest BCUT2D eigenvalue weighted by atomic mass is 9.87. The molecule has 0 saturated heterocycles. The van der Waals surface area contributed by atoms with Crippen LogP contribution in [0.3, 0.4) is 0 Å². The first-order valence-electron chi connectivity index (χ1n) is 5.41. The molecule has 0 aliphatic rings. The Morgan fingerprint density at radius 2 is 2.12 bits per heavy atom. The molecule has 0 aliphatic heterocycles. The third kappa shape index (κ3) is 3.32. The number of carbonyl (C=O) groups is 1. The summed E-state index contributed by atoms with van der Waals surface area (Å²) in [5.41, 5.74) is 5.68. The number of hydrogen-bond donors (Lipinski definition) is 2. The van der Waals surface area contributed by atoms with Gasteiger partial charge < -0.3 is 11.1 Å². The largest absolute Gasteiger partial charge is 0.347 e. The van der Waals surface area contributed by atoms with Crippen LogP contribution in [0.4, 0.5) is 0 Å². The maximum atomic E-state index is 11.9. The average Bonchev–Trinajstić information content (AvgIpc) is 2.67. The van der Waals surface area contributed by atoms with Gasteiger partial charge in [-0.3, -0.25) is 4.79 Å². The highest BCUT2D eigenvalue weighted by molar-refractivity contribution is 7.10. The molecular formula is C12H20N2OS. The lowest BCUT2D eigenvalue weighted by Gasteiger charge is -2.27. The minimum atomic E-state index is -0.477. The molecule has 3 nitrogen and oxygen atoms in total. The van der Waals surface area contributed by atoms with Gasteiger partial charge in [-0.25, -0.2) is 0 Å². The van der Waals surface area contributed by atoms with Crippen LogP contribution >= 0.6 is 11.3 Å². The Hall–Kier alpha value is -0.870. The number of rotatable bonds is 3. The van der Waals surface area contributed by atoms with Gasteiger partial charge >= 0.3 is 0 Å². The zero-order chi connectivity index (χ0) is 12.3. The van der Waals surface area contributed by atoms with Crippen LogP contribution in [0.1, 0.15) is 38.6 Å². The molecule has 4 heteroatoms. The highest BCUT2D eigenvalue weighted by Gasteiger charge is 2.28. The van der Waals surface area contributed by atoms with E-state index in [0.717, 1.165) is 4.88 Å². The first kappa shape index (κ1) is 13.2. The standard InChI is InChI=1S/C12H20N2OS/c1-8(9-6-5-7-16-9)14-11(15)10(13)12(2,3)4/h5-8,10H,13H2,1-4H3,(H,14,15)/t8-,10?/m1/s1. The van der Waals surface area contributed by atoms with Crippen LogP contribution in [-0.4, -0.2) is 11.9 Å². The van der Waals surface area contributed by atoms with Crippen LogP contribution in [0.15, 0.2) is 17.5 Å². The van der Waals surface area contributed by atoms with E-state index in [-0.39, 0.29) is 17.4 Å². The number of nitrogens with two attached hydrogens (primary N) is 1. The molecule has 16 heavy (non-hydrogen) atoms. The van der Waals surface area contributed by atoms with E-state index in [1.54, 1.807) is 11.3 Å². The Kier molecular flexibility index (Phi) is 4.10. The Labute approximate surface area is 101 Å². The normalized spacial score (nSPS) is 15.6. The van der Waals surface area contributed by atoms with Crippen molar-refractivity contribution in [3.8, 4) is 0 Å².